The molecule has 96 valence electrons. The van der Waals surface area contributed by atoms with Crippen LogP contribution in [0.25, 0.3) is 10.8 Å². The molecule has 1 N–H and O–H groups in total. The molecule has 1 unspecified atom stereocenters. The normalized spacial score (nSPS) is 12.6. The zero-order valence-electron chi connectivity index (χ0n) is 10.6. The van der Waals surface area contributed by atoms with Crippen LogP contribution in [-0.4, -0.2) is 22.6 Å². The van der Waals surface area contributed by atoms with Crippen molar-refractivity contribution >= 4 is 28.2 Å². The van der Waals surface area contributed by atoms with Crippen LogP contribution in [0.3, 0.4) is 0 Å². The Morgan fingerprint density at radius 1 is 1.33 bits per heavy atom. The van der Waals surface area contributed by atoms with Gasteiger partial charge in [-0.1, -0.05) is 37.6 Å². The maximum Gasteiger partial charge on any atom is 0.156 e. The summed E-state index contributed by atoms with van der Waals surface area (Å²) in [7, 11) is 0. The smallest absolute Gasteiger partial charge is 0.156 e. The molecule has 0 saturated heterocycles. The van der Waals surface area contributed by atoms with Crippen molar-refractivity contribution in [3.05, 3.63) is 30.5 Å². The van der Waals surface area contributed by atoms with Gasteiger partial charge in [0.2, 0.25) is 0 Å². The number of nitrogens with one attached hydrogen (secondary N) is 1. The van der Waals surface area contributed by atoms with Crippen LogP contribution < -0.4 is 5.32 Å². The summed E-state index contributed by atoms with van der Waals surface area (Å²) in [6.07, 6.45) is 3.94. The second kappa shape index (κ2) is 6.55. The van der Waals surface area contributed by atoms with Gasteiger partial charge in [0.1, 0.15) is 0 Å². The van der Waals surface area contributed by atoms with E-state index in [4.69, 9.17) is 11.6 Å². The Bertz CT molecular complexity index is 496. The number of aromatic nitrogens is 2. The Kier molecular flexibility index (Phi) is 4.76. The molecule has 18 heavy (non-hydrogen) atoms. The fourth-order valence-corrected chi connectivity index (χ4v) is 2.31. The molecule has 1 heterocycles. The molecule has 0 radical (unpaired) electrons. The molecule has 0 bridgehead atoms. The van der Waals surface area contributed by atoms with E-state index in [0.29, 0.717) is 11.8 Å². The van der Waals surface area contributed by atoms with E-state index < -0.39 is 0 Å². The highest BCUT2D eigenvalue weighted by Gasteiger charge is 2.07. The molecule has 0 saturated carbocycles. The molecule has 1 aromatic heterocycles. The fraction of sp³-hybridized carbons (Fsp3) is 0.429. The molecule has 1 atom stereocenters. The maximum atomic E-state index is 5.80. The van der Waals surface area contributed by atoms with Gasteiger partial charge in [-0.3, -0.25) is 0 Å². The molecule has 0 spiro atoms. The van der Waals surface area contributed by atoms with Gasteiger partial charge in [0.15, 0.2) is 5.82 Å². The number of rotatable bonds is 6. The van der Waals surface area contributed by atoms with E-state index in [9.17, 15) is 0 Å². The quantitative estimate of drug-likeness (QED) is 0.808. The monoisotopic (exact) mass is 263 g/mol. The minimum absolute atomic E-state index is 0.586. The van der Waals surface area contributed by atoms with Crippen LogP contribution in [0.2, 0.25) is 0 Å². The first-order valence-electron chi connectivity index (χ1n) is 6.35. The van der Waals surface area contributed by atoms with Crippen molar-refractivity contribution in [2.24, 2.45) is 5.92 Å². The molecule has 0 aliphatic heterocycles. The van der Waals surface area contributed by atoms with Gasteiger partial charge in [-0.15, -0.1) is 16.7 Å². The second-order valence-electron chi connectivity index (χ2n) is 4.41. The average Bonchev–Trinajstić information content (AvgIpc) is 2.43. The van der Waals surface area contributed by atoms with Crippen molar-refractivity contribution in [1.29, 1.82) is 0 Å². The number of halogens is 1. The molecule has 0 aliphatic rings. The molecule has 0 aliphatic carbocycles. The third kappa shape index (κ3) is 3.10. The summed E-state index contributed by atoms with van der Waals surface area (Å²) in [6.45, 7) is 3.08. The summed E-state index contributed by atoms with van der Waals surface area (Å²) in [5.74, 6) is 2.16. The van der Waals surface area contributed by atoms with Gasteiger partial charge in [0.25, 0.3) is 0 Å². The van der Waals surface area contributed by atoms with Crippen molar-refractivity contribution < 1.29 is 0 Å². The van der Waals surface area contributed by atoms with E-state index in [1.54, 1.807) is 6.20 Å². The number of benzene rings is 1. The summed E-state index contributed by atoms with van der Waals surface area (Å²) >= 11 is 5.80. The van der Waals surface area contributed by atoms with Crippen molar-refractivity contribution in [2.75, 3.05) is 17.7 Å². The lowest BCUT2D eigenvalue weighted by Crippen LogP contribution is -2.15. The zero-order chi connectivity index (χ0) is 12.8. The lowest BCUT2D eigenvalue weighted by Gasteiger charge is -2.15. The predicted molar refractivity (Wildman–Crippen MR) is 77.1 cm³/mol. The van der Waals surface area contributed by atoms with Crippen LogP contribution >= 0.6 is 11.6 Å². The highest BCUT2D eigenvalue weighted by Crippen LogP contribution is 2.20. The van der Waals surface area contributed by atoms with Gasteiger partial charge in [-0.2, -0.15) is 5.10 Å². The maximum absolute atomic E-state index is 5.80. The molecule has 1 aromatic carbocycles. The molecule has 2 aromatic rings. The lowest BCUT2D eigenvalue weighted by molar-refractivity contribution is 0.521. The summed E-state index contributed by atoms with van der Waals surface area (Å²) in [6, 6.07) is 8.14. The van der Waals surface area contributed by atoms with Gasteiger partial charge in [0.05, 0.1) is 6.20 Å². The average molecular weight is 264 g/mol. The van der Waals surface area contributed by atoms with Gasteiger partial charge < -0.3 is 5.32 Å². The van der Waals surface area contributed by atoms with E-state index in [-0.39, 0.29) is 0 Å². The van der Waals surface area contributed by atoms with Crippen LogP contribution in [0.5, 0.6) is 0 Å². The van der Waals surface area contributed by atoms with E-state index in [0.717, 1.165) is 36.0 Å². The van der Waals surface area contributed by atoms with Crippen LogP contribution in [0, 0.1) is 5.92 Å². The Hall–Kier alpha value is -1.35. The minimum Gasteiger partial charge on any atom is -0.368 e. The van der Waals surface area contributed by atoms with Crippen LogP contribution in [-0.2, 0) is 0 Å². The first-order valence-corrected chi connectivity index (χ1v) is 6.89. The van der Waals surface area contributed by atoms with Gasteiger partial charge >= 0.3 is 0 Å². The highest BCUT2D eigenvalue weighted by molar-refractivity contribution is 6.17. The molecular weight excluding hydrogens is 246 g/mol. The Balaban J connectivity index is 2.11. The first-order chi connectivity index (χ1) is 8.85. The molecule has 2 rings (SSSR count). The standard InChI is InChI=1S/C14H18ClN3/c1-2-11(7-8-15)9-16-14-13-6-4-3-5-12(13)10-17-18-14/h3-6,10-11H,2,7-9H2,1H3,(H,16,18). The SMILES string of the molecule is CCC(CCCl)CNc1nncc2ccccc12. The second-order valence-corrected chi connectivity index (χ2v) is 4.79. The van der Waals surface area contributed by atoms with Crippen molar-refractivity contribution in [1.82, 2.24) is 10.2 Å². The van der Waals surface area contributed by atoms with Crippen LogP contribution in [0.1, 0.15) is 19.8 Å². The number of hydrogen-bond acceptors (Lipinski definition) is 3. The fourth-order valence-electron chi connectivity index (χ4n) is 2.00. The molecule has 3 nitrogen and oxygen atoms in total. The first kappa shape index (κ1) is 13.1. The number of alkyl halides is 1. The molecule has 0 fully saturated rings. The van der Waals surface area contributed by atoms with Gasteiger partial charge in [-0.05, 0) is 12.3 Å². The van der Waals surface area contributed by atoms with Crippen molar-refractivity contribution in [2.45, 2.75) is 19.8 Å². The third-order valence-corrected chi connectivity index (χ3v) is 3.44. The van der Waals surface area contributed by atoms with E-state index >= 15 is 0 Å². The highest BCUT2D eigenvalue weighted by atomic mass is 35.5. The Morgan fingerprint density at radius 2 is 2.17 bits per heavy atom. The van der Waals surface area contributed by atoms with Gasteiger partial charge in [-0.25, -0.2) is 0 Å². The number of hydrogen-bond donors (Lipinski definition) is 1. The Labute approximate surface area is 113 Å². The molecule has 4 heteroatoms. The lowest BCUT2D eigenvalue weighted by atomic mass is 10.0. The molecular formula is C14H18ClN3. The van der Waals surface area contributed by atoms with Crippen LogP contribution in [0.4, 0.5) is 5.82 Å². The predicted octanol–water partition coefficient (Wildman–Crippen LogP) is 3.70. The number of anilines is 1. The number of fused-ring (bicyclic) bond motifs is 1. The summed E-state index contributed by atoms with van der Waals surface area (Å²) < 4.78 is 0. The third-order valence-electron chi connectivity index (χ3n) is 3.22. The summed E-state index contributed by atoms with van der Waals surface area (Å²) in [5, 5.41) is 13.8. The van der Waals surface area contributed by atoms with E-state index in [1.165, 1.54) is 0 Å². The van der Waals surface area contributed by atoms with Crippen molar-refractivity contribution in [3.8, 4) is 0 Å². The van der Waals surface area contributed by atoms with Gasteiger partial charge in [0, 0.05) is 23.2 Å². The molecule has 0 amide bonds. The summed E-state index contributed by atoms with van der Waals surface area (Å²) in [4.78, 5) is 0. The van der Waals surface area contributed by atoms with E-state index in [2.05, 4.69) is 28.5 Å². The van der Waals surface area contributed by atoms with E-state index in [1.807, 2.05) is 18.2 Å². The zero-order valence-corrected chi connectivity index (χ0v) is 11.3. The van der Waals surface area contributed by atoms with Crippen LogP contribution in [0.15, 0.2) is 30.5 Å². The Morgan fingerprint density at radius 3 is 2.94 bits per heavy atom. The van der Waals surface area contributed by atoms with Crippen molar-refractivity contribution in [3.63, 3.8) is 0 Å². The number of nitrogens with zero attached hydrogens (tertiary/aromatic N) is 2. The summed E-state index contributed by atoms with van der Waals surface area (Å²) in [5.41, 5.74) is 0. The topological polar surface area (TPSA) is 37.8 Å². The minimum atomic E-state index is 0.586. The largest absolute Gasteiger partial charge is 0.368 e.